The molecule has 0 amide bonds. The van der Waals surface area contributed by atoms with E-state index in [1.54, 1.807) is 7.11 Å². The van der Waals surface area contributed by atoms with Gasteiger partial charge in [0.15, 0.2) is 0 Å². The highest BCUT2D eigenvalue weighted by molar-refractivity contribution is 5.57. The van der Waals surface area contributed by atoms with E-state index in [1.165, 1.54) is 23.2 Å². The molecule has 1 unspecified atom stereocenters. The summed E-state index contributed by atoms with van der Waals surface area (Å²) in [6.07, 6.45) is 2.54. The van der Waals surface area contributed by atoms with Gasteiger partial charge in [-0.05, 0) is 36.6 Å². The van der Waals surface area contributed by atoms with E-state index in [0.29, 0.717) is 12.0 Å². The molecule has 2 aliphatic rings. The minimum atomic E-state index is 0.207. The van der Waals surface area contributed by atoms with Crippen molar-refractivity contribution in [2.24, 2.45) is 5.92 Å². The van der Waals surface area contributed by atoms with Crippen molar-refractivity contribution in [3.05, 3.63) is 59.7 Å². The summed E-state index contributed by atoms with van der Waals surface area (Å²) in [6, 6.07) is 17.2. The van der Waals surface area contributed by atoms with E-state index in [-0.39, 0.29) is 6.10 Å². The first-order valence-electron chi connectivity index (χ1n) is 7.98. The van der Waals surface area contributed by atoms with Gasteiger partial charge in [-0.1, -0.05) is 30.3 Å². The molecular weight excluding hydrogens is 274 g/mol. The molecule has 0 bridgehead atoms. The van der Waals surface area contributed by atoms with E-state index in [1.807, 2.05) is 12.1 Å². The highest BCUT2D eigenvalue weighted by Gasteiger charge is 2.39. The SMILES string of the molecule is COc1ccc(C2Nc3ccccc3[C@H]3OCCC[C@@H]23)cc1. The van der Waals surface area contributed by atoms with Gasteiger partial charge >= 0.3 is 0 Å². The lowest BCUT2D eigenvalue weighted by Crippen LogP contribution is -2.35. The lowest BCUT2D eigenvalue weighted by atomic mass is 9.77. The van der Waals surface area contributed by atoms with Gasteiger partial charge in [-0.3, -0.25) is 0 Å². The number of methoxy groups -OCH3 is 1. The van der Waals surface area contributed by atoms with Crippen LogP contribution in [0.1, 0.15) is 36.1 Å². The van der Waals surface area contributed by atoms with Gasteiger partial charge in [-0.2, -0.15) is 0 Å². The Kier molecular flexibility index (Phi) is 3.51. The molecule has 2 aliphatic heterocycles. The first kappa shape index (κ1) is 13.6. The normalized spacial score (nSPS) is 26.5. The molecule has 3 heteroatoms. The summed E-state index contributed by atoms with van der Waals surface area (Å²) in [6.45, 7) is 0.866. The van der Waals surface area contributed by atoms with Gasteiger partial charge < -0.3 is 14.8 Å². The summed E-state index contributed by atoms with van der Waals surface area (Å²) >= 11 is 0. The van der Waals surface area contributed by atoms with Crippen LogP contribution in [0.25, 0.3) is 0 Å². The molecule has 3 nitrogen and oxygen atoms in total. The number of hydrogen-bond donors (Lipinski definition) is 1. The fourth-order valence-electron chi connectivity index (χ4n) is 3.76. The van der Waals surface area contributed by atoms with Crippen molar-refractivity contribution in [2.45, 2.75) is 25.0 Å². The molecule has 1 fully saturated rings. The fourth-order valence-corrected chi connectivity index (χ4v) is 3.76. The molecule has 0 saturated carbocycles. The van der Waals surface area contributed by atoms with E-state index in [2.05, 4.69) is 41.7 Å². The van der Waals surface area contributed by atoms with Gasteiger partial charge in [0.1, 0.15) is 5.75 Å². The molecular formula is C19H21NO2. The van der Waals surface area contributed by atoms with Gasteiger partial charge in [-0.25, -0.2) is 0 Å². The van der Waals surface area contributed by atoms with Crippen molar-refractivity contribution in [3.63, 3.8) is 0 Å². The molecule has 1 saturated heterocycles. The molecule has 0 radical (unpaired) electrons. The maximum Gasteiger partial charge on any atom is 0.118 e. The zero-order chi connectivity index (χ0) is 14.9. The minimum absolute atomic E-state index is 0.207. The second kappa shape index (κ2) is 5.65. The van der Waals surface area contributed by atoms with E-state index < -0.39 is 0 Å². The summed E-state index contributed by atoms with van der Waals surface area (Å²) in [7, 11) is 1.70. The largest absolute Gasteiger partial charge is 0.497 e. The monoisotopic (exact) mass is 295 g/mol. The lowest BCUT2D eigenvalue weighted by molar-refractivity contribution is -0.0381. The Morgan fingerprint density at radius 3 is 2.73 bits per heavy atom. The summed E-state index contributed by atoms with van der Waals surface area (Å²) in [4.78, 5) is 0. The molecule has 0 spiro atoms. The van der Waals surface area contributed by atoms with Crippen LogP contribution in [0.4, 0.5) is 5.69 Å². The van der Waals surface area contributed by atoms with Crippen molar-refractivity contribution in [1.82, 2.24) is 0 Å². The van der Waals surface area contributed by atoms with Crippen molar-refractivity contribution in [2.75, 3.05) is 19.0 Å². The average Bonchev–Trinajstić information content (AvgIpc) is 2.61. The van der Waals surface area contributed by atoms with Crippen LogP contribution in [0, 0.1) is 5.92 Å². The Balaban J connectivity index is 1.72. The first-order valence-corrected chi connectivity index (χ1v) is 7.98. The second-order valence-electron chi connectivity index (χ2n) is 6.08. The molecule has 0 aromatic heterocycles. The predicted molar refractivity (Wildman–Crippen MR) is 87.2 cm³/mol. The van der Waals surface area contributed by atoms with Crippen LogP contribution in [0.15, 0.2) is 48.5 Å². The number of rotatable bonds is 2. The zero-order valence-electron chi connectivity index (χ0n) is 12.8. The standard InChI is InChI=1S/C19H21NO2/c1-21-14-10-8-13(9-11-14)18-16-6-4-12-22-19(16)15-5-2-3-7-17(15)20-18/h2-3,5,7-11,16,18-20H,4,6,12H2,1H3/t16-,18?,19+/m0/s1. The van der Waals surface area contributed by atoms with E-state index in [9.17, 15) is 0 Å². The fraction of sp³-hybridized carbons (Fsp3) is 0.368. The molecule has 22 heavy (non-hydrogen) atoms. The molecule has 2 aromatic carbocycles. The Hall–Kier alpha value is -2.00. The van der Waals surface area contributed by atoms with Crippen LogP contribution in [0.5, 0.6) is 5.75 Å². The smallest absolute Gasteiger partial charge is 0.118 e. The highest BCUT2D eigenvalue weighted by Crippen LogP contribution is 2.48. The molecule has 0 aliphatic carbocycles. The number of para-hydroxylation sites is 1. The number of fused-ring (bicyclic) bond motifs is 3. The highest BCUT2D eigenvalue weighted by atomic mass is 16.5. The second-order valence-corrected chi connectivity index (χ2v) is 6.08. The predicted octanol–water partition coefficient (Wildman–Crippen LogP) is 4.33. The van der Waals surface area contributed by atoms with Gasteiger partial charge in [0, 0.05) is 23.8 Å². The molecule has 2 heterocycles. The number of hydrogen-bond acceptors (Lipinski definition) is 3. The molecule has 4 rings (SSSR count). The van der Waals surface area contributed by atoms with Crippen molar-refractivity contribution < 1.29 is 9.47 Å². The van der Waals surface area contributed by atoms with Crippen LogP contribution in [-0.4, -0.2) is 13.7 Å². The third-order valence-electron chi connectivity index (χ3n) is 4.85. The number of nitrogens with one attached hydrogen (secondary N) is 1. The first-order chi connectivity index (χ1) is 10.9. The Bertz CT molecular complexity index is 653. The zero-order valence-corrected chi connectivity index (χ0v) is 12.8. The Labute approximate surface area is 131 Å². The van der Waals surface area contributed by atoms with Crippen LogP contribution in [0.3, 0.4) is 0 Å². The maximum absolute atomic E-state index is 6.14. The van der Waals surface area contributed by atoms with Crippen LogP contribution in [-0.2, 0) is 4.74 Å². The number of anilines is 1. The van der Waals surface area contributed by atoms with Crippen molar-refractivity contribution >= 4 is 5.69 Å². The van der Waals surface area contributed by atoms with Crippen LogP contribution >= 0.6 is 0 Å². The van der Waals surface area contributed by atoms with Crippen LogP contribution < -0.4 is 10.1 Å². The van der Waals surface area contributed by atoms with Gasteiger partial charge in [0.25, 0.3) is 0 Å². The van der Waals surface area contributed by atoms with Crippen molar-refractivity contribution in [3.8, 4) is 5.75 Å². The number of benzene rings is 2. The van der Waals surface area contributed by atoms with Gasteiger partial charge in [-0.15, -0.1) is 0 Å². The minimum Gasteiger partial charge on any atom is -0.497 e. The third-order valence-corrected chi connectivity index (χ3v) is 4.85. The lowest BCUT2D eigenvalue weighted by Gasteiger charge is -2.43. The van der Waals surface area contributed by atoms with Gasteiger partial charge in [0.2, 0.25) is 0 Å². The van der Waals surface area contributed by atoms with E-state index in [0.717, 1.165) is 18.8 Å². The maximum atomic E-state index is 6.14. The summed E-state index contributed by atoms with van der Waals surface area (Å²) in [5.74, 6) is 1.38. The summed E-state index contributed by atoms with van der Waals surface area (Å²) < 4.78 is 11.4. The van der Waals surface area contributed by atoms with Crippen LogP contribution in [0.2, 0.25) is 0 Å². The number of ether oxygens (including phenoxy) is 2. The van der Waals surface area contributed by atoms with Crippen molar-refractivity contribution in [1.29, 1.82) is 0 Å². The molecule has 1 N–H and O–H groups in total. The molecule has 114 valence electrons. The third kappa shape index (κ3) is 2.26. The van der Waals surface area contributed by atoms with E-state index >= 15 is 0 Å². The molecule has 2 aromatic rings. The summed E-state index contributed by atoms with van der Waals surface area (Å²) in [5.41, 5.74) is 3.80. The Morgan fingerprint density at radius 1 is 1.09 bits per heavy atom. The summed E-state index contributed by atoms with van der Waals surface area (Å²) in [5, 5.41) is 3.73. The average molecular weight is 295 g/mol. The Morgan fingerprint density at radius 2 is 1.91 bits per heavy atom. The topological polar surface area (TPSA) is 30.5 Å². The molecule has 3 atom stereocenters. The quantitative estimate of drug-likeness (QED) is 0.894. The van der Waals surface area contributed by atoms with E-state index in [4.69, 9.17) is 9.47 Å². The van der Waals surface area contributed by atoms with Gasteiger partial charge in [0.05, 0.1) is 19.3 Å².